The van der Waals surface area contributed by atoms with E-state index in [0.717, 1.165) is 18.4 Å². The second-order valence-corrected chi connectivity index (χ2v) is 6.47. The fraction of sp³-hybridized carbons (Fsp3) is 0.333. The van der Waals surface area contributed by atoms with Gasteiger partial charge in [0.2, 0.25) is 10.0 Å². The minimum Gasteiger partial charge on any atom is -0.218 e. The Bertz CT molecular complexity index is 753. The van der Waals surface area contributed by atoms with E-state index in [0.29, 0.717) is 5.69 Å². The van der Waals surface area contributed by atoms with Crippen LogP contribution < -0.4 is 4.72 Å². The molecule has 1 aromatic heterocycles. The predicted octanol–water partition coefficient (Wildman–Crippen LogP) is 1.90. The van der Waals surface area contributed by atoms with Gasteiger partial charge in [0.25, 0.3) is 0 Å². The summed E-state index contributed by atoms with van der Waals surface area (Å²) in [4.78, 5) is 3.95. The van der Waals surface area contributed by atoms with E-state index in [1.54, 1.807) is 6.92 Å². The highest BCUT2D eigenvalue weighted by atomic mass is 32.2. The van der Waals surface area contributed by atoms with E-state index >= 15 is 0 Å². The van der Waals surface area contributed by atoms with Crippen LogP contribution >= 0.6 is 0 Å². The van der Waals surface area contributed by atoms with Crippen molar-refractivity contribution < 1.29 is 21.6 Å². The number of hydrogen-bond acceptors (Lipinski definition) is 4. The highest BCUT2D eigenvalue weighted by Gasteiger charge is 2.30. The molecule has 1 N–H and O–H groups in total. The quantitative estimate of drug-likeness (QED) is 0.926. The van der Waals surface area contributed by atoms with Crippen molar-refractivity contribution in [2.75, 3.05) is 6.26 Å². The van der Waals surface area contributed by atoms with Gasteiger partial charge in [0.1, 0.15) is 12.2 Å². The molecular formula is C12H13F3N4O2S. The van der Waals surface area contributed by atoms with E-state index < -0.39 is 27.8 Å². The fourth-order valence-corrected chi connectivity index (χ4v) is 2.66. The minimum absolute atomic E-state index is 0.269. The van der Waals surface area contributed by atoms with Gasteiger partial charge in [-0.1, -0.05) is 0 Å². The van der Waals surface area contributed by atoms with Gasteiger partial charge in [-0.05, 0) is 31.2 Å². The van der Waals surface area contributed by atoms with Crippen LogP contribution in [0.5, 0.6) is 0 Å². The molecule has 0 saturated carbocycles. The first-order valence-corrected chi connectivity index (χ1v) is 8.02. The van der Waals surface area contributed by atoms with Crippen molar-refractivity contribution in [3.05, 3.63) is 42.0 Å². The Labute approximate surface area is 125 Å². The van der Waals surface area contributed by atoms with Crippen LogP contribution in [-0.2, 0) is 16.2 Å². The van der Waals surface area contributed by atoms with Gasteiger partial charge in [-0.15, -0.1) is 0 Å². The Morgan fingerprint density at radius 1 is 1.23 bits per heavy atom. The number of nitrogens with one attached hydrogen (secondary N) is 1. The number of halogens is 3. The molecule has 2 aromatic rings. The molecule has 0 amide bonds. The summed E-state index contributed by atoms with van der Waals surface area (Å²) < 4.78 is 63.7. The van der Waals surface area contributed by atoms with Gasteiger partial charge < -0.3 is 0 Å². The molecule has 1 unspecified atom stereocenters. The molecule has 1 atom stereocenters. The normalized spacial score (nSPS) is 14.0. The Morgan fingerprint density at radius 3 is 2.32 bits per heavy atom. The first-order valence-electron chi connectivity index (χ1n) is 6.13. The standard InChI is InChI=1S/C12H13F3N4O2S/c1-8(18-22(2,20)21)11-16-7-17-19(11)10-5-3-9(4-6-10)12(13,14)15/h3-8,18H,1-2H3. The molecule has 0 radical (unpaired) electrons. The molecule has 120 valence electrons. The Hall–Kier alpha value is -1.94. The summed E-state index contributed by atoms with van der Waals surface area (Å²) in [6, 6.07) is 3.66. The van der Waals surface area contributed by atoms with Crippen molar-refractivity contribution in [2.45, 2.75) is 19.1 Å². The fourth-order valence-electron chi connectivity index (χ4n) is 1.91. The summed E-state index contributed by atoms with van der Waals surface area (Å²) in [5.74, 6) is 0.269. The number of nitrogens with zero attached hydrogens (tertiary/aromatic N) is 3. The lowest BCUT2D eigenvalue weighted by Gasteiger charge is -2.14. The number of aromatic nitrogens is 3. The van der Waals surface area contributed by atoms with Crippen molar-refractivity contribution >= 4 is 10.0 Å². The highest BCUT2D eigenvalue weighted by molar-refractivity contribution is 7.88. The van der Waals surface area contributed by atoms with E-state index in [1.807, 2.05) is 0 Å². The van der Waals surface area contributed by atoms with E-state index in [4.69, 9.17) is 0 Å². The van der Waals surface area contributed by atoms with Crippen LogP contribution in [-0.4, -0.2) is 29.4 Å². The second kappa shape index (κ2) is 5.69. The lowest BCUT2D eigenvalue weighted by Crippen LogP contribution is -2.27. The number of hydrogen-bond donors (Lipinski definition) is 1. The maximum Gasteiger partial charge on any atom is 0.416 e. The Kier molecular flexibility index (Phi) is 4.25. The zero-order valence-electron chi connectivity index (χ0n) is 11.7. The summed E-state index contributed by atoms with van der Waals surface area (Å²) in [5, 5.41) is 3.92. The zero-order chi connectivity index (χ0) is 16.5. The third-order valence-electron chi connectivity index (χ3n) is 2.79. The first-order chi connectivity index (χ1) is 10.1. The van der Waals surface area contributed by atoms with Crippen molar-refractivity contribution in [3.63, 3.8) is 0 Å². The molecule has 0 saturated heterocycles. The molecule has 0 aliphatic rings. The number of benzene rings is 1. The van der Waals surface area contributed by atoms with Gasteiger partial charge in [0.05, 0.1) is 23.5 Å². The molecule has 0 aliphatic heterocycles. The third kappa shape index (κ3) is 3.83. The molecule has 22 heavy (non-hydrogen) atoms. The number of rotatable bonds is 4. The van der Waals surface area contributed by atoms with Crippen LogP contribution in [0.4, 0.5) is 13.2 Å². The average molecular weight is 334 g/mol. The van der Waals surface area contributed by atoms with Gasteiger partial charge >= 0.3 is 6.18 Å². The first kappa shape index (κ1) is 16.4. The molecule has 1 aromatic carbocycles. The van der Waals surface area contributed by atoms with Crippen molar-refractivity contribution in [1.82, 2.24) is 19.5 Å². The van der Waals surface area contributed by atoms with E-state index in [1.165, 1.54) is 23.1 Å². The molecule has 0 aliphatic carbocycles. The molecule has 2 rings (SSSR count). The van der Waals surface area contributed by atoms with E-state index in [9.17, 15) is 21.6 Å². The molecular weight excluding hydrogens is 321 g/mol. The average Bonchev–Trinajstić information content (AvgIpc) is 2.85. The minimum atomic E-state index is -4.42. The molecule has 0 spiro atoms. The van der Waals surface area contributed by atoms with Crippen LogP contribution in [0.2, 0.25) is 0 Å². The maximum atomic E-state index is 12.5. The van der Waals surface area contributed by atoms with Gasteiger partial charge in [-0.25, -0.2) is 22.8 Å². The lowest BCUT2D eigenvalue weighted by molar-refractivity contribution is -0.137. The van der Waals surface area contributed by atoms with Crippen molar-refractivity contribution in [3.8, 4) is 5.69 Å². The summed E-state index contributed by atoms with van der Waals surface area (Å²) in [5.41, 5.74) is -0.428. The number of alkyl halides is 3. The highest BCUT2D eigenvalue weighted by Crippen LogP contribution is 2.29. The monoisotopic (exact) mass is 334 g/mol. The second-order valence-electron chi connectivity index (χ2n) is 4.69. The van der Waals surface area contributed by atoms with Crippen LogP contribution in [0.25, 0.3) is 5.69 Å². The van der Waals surface area contributed by atoms with E-state index in [2.05, 4.69) is 14.8 Å². The molecule has 10 heteroatoms. The maximum absolute atomic E-state index is 12.5. The summed E-state index contributed by atoms with van der Waals surface area (Å²) in [6.45, 7) is 1.56. The lowest BCUT2D eigenvalue weighted by atomic mass is 10.2. The van der Waals surface area contributed by atoms with Gasteiger partial charge in [0, 0.05) is 0 Å². The van der Waals surface area contributed by atoms with Crippen molar-refractivity contribution in [1.29, 1.82) is 0 Å². The molecule has 0 fully saturated rings. The van der Waals surface area contributed by atoms with Crippen molar-refractivity contribution in [2.24, 2.45) is 0 Å². The molecule has 6 nitrogen and oxygen atoms in total. The third-order valence-corrected chi connectivity index (χ3v) is 3.57. The van der Waals surface area contributed by atoms with Gasteiger partial charge in [0.15, 0.2) is 0 Å². The van der Waals surface area contributed by atoms with Gasteiger partial charge in [-0.2, -0.15) is 18.3 Å². The number of sulfonamides is 1. The van der Waals surface area contributed by atoms with Crippen LogP contribution in [0, 0.1) is 0 Å². The SMILES string of the molecule is CC(NS(C)(=O)=O)c1ncnn1-c1ccc(C(F)(F)F)cc1. The largest absolute Gasteiger partial charge is 0.416 e. The Balaban J connectivity index is 2.33. The predicted molar refractivity (Wildman–Crippen MR) is 72.8 cm³/mol. The van der Waals surface area contributed by atoms with E-state index in [-0.39, 0.29) is 5.82 Å². The van der Waals surface area contributed by atoms with Crippen LogP contribution in [0.1, 0.15) is 24.4 Å². The smallest absolute Gasteiger partial charge is 0.218 e. The molecule has 1 heterocycles. The van der Waals surface area contributed by atoms with Gasteiger partial charge in [-0.3, -0.25) is 0 Å². The van der Waals surface area contributed by atoms with Crippen LogP contribution in [0.3, 0.4) is 0 Å². The summed E-state index contributed by atoms with van der Waals surface area (Å²) in [7, 11) is -3.45. The summed E-state index contributed by atoms with van der Waals surface area (Å²) in [6.07, 6.45) is -2.22. The Morgan fingerprint density at radius 2 is 1.82 bits per heavy atom. The topological polar surface area (TPSA) is 76.9 Å². The van der Waals surface area contributed by atoms with Crippen LogP contribution in [0.15, 0.2) is 30.6 Å². The summed E-state index contributed by atoms with van der Waals surface area (Å²) >= 11 is 0. The molecule has 0 bridgehead atoms. The zero-order valence-corrected chi connectivity index (χ0v) is 12.5.